The van der Waals surface area contributed by atoms with Crippen molar-refractivity contribution >= 4 is 23.9 Å². The third-order valence-electron chi connectivity index (χ3n) is 20.1. The van der Waals surface area contributed by atoms with Crippen LogP contribution in [0.5, 0.6) is 0 Å². The molecule has 4 heterocycles. The van der Waals surface area contributed by atoms with Crippen LogP contribution in [0, 0.1) is 11.8 Å². The van der Waals surface area contributed by atoms with Crippen molar-refractivity contribution in [1.82, 2.24) is 20.3 Å². The quantitative estimate of drug-likeness (QED) is 0.0323. The summed E-state index contributed by atoms with van der Waals surface area (Å²) in [6.07, 6.45) is 28.1. The number of piperidine rings is 4. The molecule has 0 saturated carbocycles. The van der Waals surface area contributed by atoms with Gasteiger partial charge in [-0.2, -0.15) is 20.3 Å². The fourth-order valence-corrected chi connectivity index (χ4v) is 16.7. The van der Waals surface area contributed by atoms with Gasteiger partial charge < -0.3 is 18.9 Å². The molecule has 538 valence electrons. The zero-order valence-corrected chi connectivity index (χ0v) is 63.0. The van der Waals surface area contributed by atoms with E-state index in [2.05, 4.69) is 159 Å². The second-order valence-corrected chi connectivity index (χ2v) is 33.7. The van der Waals surface area contributed by atoms with E-state index in [9.17, 15) is 0 Å². The first kappa shape index (κ1) is 82.0. The van der Waals surface area contributed by atoms with Crippen molar-refractivity contribution in [2.45, 2.75) is 426 Å². The number of esters is 4. The highest BCUT2D eigenvalue weighted by molar-refractivity contribution is 5.89. The zero-order valence-electron chi connectivity index (χ0n) is 63.0. The van der Waals surface area contributed by atoms with Crippen molar-refractivity contribution in [2.24, 2.45) is 11.8 Å². The molecule has 4 fully saturated rings. The van der Waals surface area contributed by atoms with Gasteiger partial charge in [0.1, 0.15) is 24.4 Å². The van der Waals surface area contributed by atoms with Crippen molar-refractivity contribution in [2.75, 3.05) is 26.4 Å². The topological polar surface area (TPSA) is 155 Å². The van der Waals surface area contributed by atoms with Crippen LogP contribution in [0.25, 0.3) is 0 Å². The molecule has 0 radical (unpaired) electrons. The van der Waals surface area contributed by atoms with Gasteiger partial charge in [-0.25, -0.2) is 0 Å². The van der Waals surface area contributed by atoms with Gasteiger partial charge in [0.05, 0.1) is 51.1 Å². The van der Waals surface area contributed by atoms with Crippen molar-refractivity contribution in [3.63, 3.8) is 0 Å². The van der Waals surface area contributed by atoms with Crippen LogP contribution >= 0.6 is 0 Å². The molecule has 16 heteroatoms. The molecule has 0 aromatic carbocycles. The smallest absolute Gasteiger partial charge is 0.310 e. The van der Waals surface area contributed by atoms with Crippen molar-refractivity contribution in [3.05, 3.63) is 0 Å². The van der Waals surface area contributed by atoms with Gasteiger partial charge in [-0.1, -0.05) is 156 Å². The van der Waals surface area contributed by atoms with Gasteiger partial charge in [0.15, 0.2) is 0 Å². The summed E-state index contributed by atoms with van der Waals surface area (Å²) in [4.78, 5) is 87.7. The third kappa shape index (κ3) is 26.4. The second kappa shape index (κ2) is 38.1. The van der Waals surface area contributed by atoms with Crippen LogP contribution in [0.3, 0.4) is 0 Å². The largest absolute Gasteiger partial charge is 0.462 e. The van der Waals surface area contributed by atoms with Crippen molar-refractivity contribution in [3.8, 4) is 0 Å². The van der Waals surface area contributed by atoms with E-state index in [4.69, 9.17) is 38.3 Å². The summed E-state index contributed by atoms with van der Waals surface area (Å²) in [5.41, 5.74) is -4.25. The average molecular weight is 1300 g/mol. The van der Waals surface area contributed by atoms with Crippen LogP contribution in [-0.2, 0) is 57.5 Å². The molecule has 0 spiro atoms. The predicted octanol–water partition coefficient (Wildman–Crippen LogP) is 18.4. The number of hydrogen-bond donors (Lipinski definition) is 0. The molecule has 4 aliphatic rings. The van der Waals surface area contributed by atoms with Gasteiger partial charge in [-0.3, -0.25) is 38.5 Å². The lowest BCUT2D eigenvalue weighted by atomic mass is 9.79. The Hall–Kier alpha value is -2.44. The number of hydroxylamine groups is 8. The standard InChI is InChI=1S/C76H142N4O12/c1-21-25-29-33-37-41-45-85-77-69(5,6)51-59(52-70(77,7)8)89-65(81)49-63(67(83)91-61-55-73(13,14)79(74(15,16)56-61)87-47-43-39-35-31-27-23-3)64(68(84)92-62-57-75(17,18)80(76(19,20)58-62)88-48-44-40-36-32-28-24-4)50-66(82)90-60-53-71(9,10)78(72(11,12)54-60)86-46-42-38-34-30-26-22-2/h59-64H,21-58H2,1-20H3. The van der Waals surface area contributed by atoms with E-state index in [1.807, 2.05) is 0 Å². The predicted molar refractivity (Wildman–Crippen MR) is 370 cm³/mol. The van der Waals surface area contributed by atoms with Gasteiger partial charge in [0, 0.05) is 95.7 Å². The lowest BCUT2D eigenvalue weighted by Crippen LogP contribution is -2.62. The van der Waals surface area contributed by atoms with Gasteiger partial charge in [0.25, 0.3) is 0 Å². The molecule has 92 heavy (non-hydrogen) atoms. The highest BCUT2D eigenvalue weighted by atomic mass is 16.7. The first-order chi connectivity index (χ1) is 43.1. The number of hydrogen-bond acceptors (Lipinski definition) is 16. The summed E-state index contributed by atoms with van der Waals surface area (Å²) in [5.74, 6) is -5.70. The van der Waals surface area contributed by atoms with Gasteiger partial charge in [-0.05, 0) is 136 Å². The molecule has 0 bridgehead atoms. The molecule has 2 unspecified atom stereocenters. The number of unbranched alkanes of at least 4 members (excludes halogenated alkanes) is 20. The van der Waals surface area contributed by atoms with Gasteiger partial charge >= 0.3 is 23.9 Å². The van der Waals surface area contributed by atoms with E-state index in [-0.39, 0.29) is 0 Å². The lowest BCUT2D eigenvalue weighted by Gasteiger charge is -2.53. The van der Waals surface area contributed by atoms with Crippen LogP contribution in [0.1, 0.15) is 357 Å². The summed E-state index contributed by atoms with van der Waals surface area (Å²) < 4.78 is 26.4. The summed E-state index contributed by atoms with van der Waals surface area (Å²) >= 11 is 0. The Bertz CT molecular complexity index is 1940. The number of rotatable bonds is 43. The summed E-state index contributed by atoms with van der Waals surface area (Å²) in [7, 11) is 0. The van der Waals surface area contributed by atoms with E-state index < -0.39 is 117 Å². The molecular weight excluding hydrogens is 1160 g/mol. The lowest BCUT2D eigenvalue weighted by molar-refractivity contribution is -0.295. The summed E-state index contributed by atoms with van der Waals surface area (Å²) in [6.45, 7) is 45.1. The Morgan fingerprint density at radius 2 is 0.457 bits per heavy atom. The Morgan fingerprint density at radius 1 is 0.283 bits per heavy atom. The van der Waals surface area contributed by atoms with E-state index >= 15 is 19.2 Å². The van der Waals surface area contributed by atoms with E-state index in [1.165, 1.54) is 103 Å². The maximum Gasteiger partial charge on any atom is 0.310 e. The maximum atomic E-state index is 15.6. The number of carbonyl (C=O) groups excluding carboxylic acids is 4. The Labute approximate surface area is 562 Å². The van der Waals surface area contributed by atoms with E-state index in [0.29, 0.717) is 77.8 Å². The molecule has 0 N–H and O–H groups in total. The Kier molecular flexibility index (Phi) is 33.9. The zero-order chi connectivity index (χ0) is 68.6. The minimum absolute atomic E-state index is 0.438. The molecule has 0 amide bonds. The van der Waals surface area contributed by atoms with Gasteiger partial charge in [-0.15, -0.1) is 0 Å². The number of nitrogens with zero attached hydrogens (tertiary/aromatic N) is 4. The first-order valence-corrected chi connectivity index (χ1v) is 37.6. The molecule has 0 aliphatic carbocycles. The fraction of sp³-hybridized carbons (Fsp3) is 0.947. The van der Waals surface area contributed by atoms with Crippen LogP contribution in [-0.4, -0.2) is 139 Å². The van der Waals surface area contributed by atoms with Crippen LogP contribution < -0.4 is 0 Å². The number of ether oxygens (including phenoxy) is 4. The monoisotopic (exact) mass is 1300 g/mol. The minimum Gasteiger partial charge on any atom is -0.462 e. The molecule has 0 aromatic heterocycles. The molecule has 16 nitrogen and oxygen atoms in total. The average Bonchev–Trinajstić information content (AvgIpc) is 0.800. The van der Waals surface area contributed by atoms with Crippen molar-refractivity contribution < 1.29 is 57.5 Å². The SMILES string of the molecule is CCCCCCCCON1C(C)(C)CC(OC(=O)CC(C(=O)OC2CC(C)(C)N(OCCCCCCCC)C(C)(C)C2)C(CC(=O)OC2CC(C)(C)N(OCCCCCCCC)C(C)(C)C2)C(=O)OC2CC(C)(C)N(OCCCCCCCC)C(C)(C)C2)CC1(C)C. The maximum absolute atomic E-state index is 15.6. The van der Waals surface area contributed by atoms with E-state index in [1.54, 1.807) is 0 Å². The Balaban J connectivity index is 1.70. The molecule has 2 atom stereocenters. The third-order valence-corrected chi connectivity index (χ3v) is 20.1. The molecule has 0 aromatic rings. The van der Waals surface area contributed by atoms with E-state index in [0.717, 1.165) is 51.4 Å². The van der Waals surface area contributed by atoms with Crippen molar-refractivity contribution in [1.29, 1.82) is 0 Å². The first-order valence-electron chi connectivity index (χ1n) is 37.6. The normalized spacial score (nSPS) is 22.6. The van der Waals surface area contributed by atoms with Gasteiger partial charge in [0.2, 0.25) is 0 Å². The molecular formula is C76H142N4O12. The summed E-state index contributed by atoms with van der Waals surface area (Å²) in [6, 6.07) is 0. The summed E-state index contributed by atoms with van der Waals surface area (Å²) in [5, 5.41) is 8.34. The highest BCUT2D eigenvalue weighted by Gasteiger charge is 2.54. The molecule has 4 rings (SSSR count). The fourth-order valence-electron chi connectivity index (χ4n) is 16.7. The Morgan fingerprint density at radius 3 is 0.652 bits per heavy atom. The molecule has 4 aliphatic heterocycles. The molecule has 4 saturated heterocycles. The van der Waals surface area contributed by atoms with Crippen LogP contribution in [0.4, 0.5) is 0 Å². The second-order valence-electron chi connectivity index (χ2n) is 33.7. The van der Waals surface area contributed by atoms with Crippen LogP contribution in [0.15, 0.2) is 0 Å². The van der Waals surface area contributed by atoms with Crippen LogP contribution in [0.2, 0.25) is 0 Å². The number of carbonyl (C=O) groups is 4. The highest BCUT2D eigenvalue weighted by Crippen LogP contribution is 2.45. The minimum atomic E-state index is -1.45.